The first-order valence-electron chi connectivity index (χ1n) is 6.21. The molecule has 1 aliphatic rings. The molecule has 0 radical (unpaired) electrons. The maximum absolute atomic E-state index is 8.53. The molecule has 0 saturated carbocycles. The summed E-state index contributed by atoms with van der Waals surface area (Å²) in [5.74, 6) is 1.04. The molecule has 1 aliphatic heterocycles. The van der Waals surface area contributed by atoms with Gasteiger partial charge in [0.15, 0.2) is 0 Å². The minimum atomic E-state index is 0.867. The van der Waals surface area contributed by atoms with Gasteiger partial charge in [0.1, 0.15) is 5.82 Å². The highest BCUT2D eigenvalue weighted by Gasteiger charge is 2.11. The lowest BCUT2D eigenvalue weighted by Gasteiger charge is -2.21. The number of hydrogen-bond acceptors (Lipinski definition) is 4. The minimum absolute atomic E-state index is 0.867. The van der Waals surface area contributed by atoms with Crippen LogP contribution in [0.1, 0.15) is 36.9 Å². The molecule has 2 rings (SSSR count). The normalized spacial score (nSPS) is 17.4. The SMILES string of the molecule is Cc1nc(N2CCCCCC2)ccc1/C=N\O. The maximum atomic E-state index is 8.53. The fourth-order valence-electron chi connectivity index (χ4n) is 2.23. The highest BCUT2D eigenvalue weighted by atomic mass is 16.4. The number of aromatic nitrogens is 1. The van der Waals surface area contributed by atoms with E-state index in [2.05, 4.69) is 15.0 Å². The van der Waals surface area contributed by atoms with Crippen LogP contribution in [0.4, 0.5) is 5.82 Å². The van der Waals surface area contributed by atoms with E-state index in [0.717, 1.165) is 30.2 Å². The second-order valence-corrected chi connectivity index (χ2v) is 4.49. The molecule has 0 bridgehead atoms. The number of hydrogen-bond donors (Lipinski definition) is 1. The lowest BCUT2D eigenvalue weighted by Crippen LogP contribution is -2.25. The summed E-state index contributed by atoms with van der Waals surface area (Å²) >= 11 is 0. The minimum Gasteiger partial charge on any atom is -0.411 e. The van der Waals surface area contributed by atoms with Crippen LogP contribution in [0.3, 0.4) is 0 Å². The molecule has 92 valence electrons. The first-order chi connectivity index (χ1) is 8.31. The number of rotatable bonds is 2. The van der Waals surface area contributed by atoms with E-state index < -0.39 is 0 Å². The summed E-state index contributed by atoms with van der Waals surface area (Å²) in [7, 11) is 0. The fourth-order valence-corrected chi connectivity index (χ4v) is 2.23. The van der Waals surface area contributed by atoms with E-state index in [0.29, 0.717) is 0 Å². The summed E-state index contributed by atoms with van der Waals surface area (Å²) in [5, 5.41) is 11.6. The molecule has 4 nitrogen and oxygen atoms in total. The molecular weight excluding hydrogens is 214 g/mol. The summed E-state index contributed by atoms with van der Waals surface area (Å²) < 4.78 is 0. The molecule has 0 amide bonds. The van der Waals surface area contributed by atoms with Gasteiger partial charge in [0.05, 0.1) is 6.21 Å². The molecule has 17 heavy (non-hydrogen) atoms. The molecule has 0 spiro atoms. The third-order valence-corrected chi connectivity index (χ3v) is 3.24. The molecule has 0 aromatic carbocycles. The average molecular weight is 233 g/mol. The van der Waals surface area contributed by atoms with E-state index >= 15 is 0 Å². The molecule has 1 saturated heterocycles. The monoisotopic (exact) mass is 233 g/mol. The molecule has 4 heteroatoms. The standard InChI is InChI=1S/C13H19N3O/c1-11-12(10-14-17)6-7-13(15-11)16-8-4-2-3-5-9-16/h6-7,10,17H,2-5,8-9H2,1H3/b14-10-. The average Bonchev–Trinajstić information content (AvgIpc) is 2.60. The van der Waals surface area contributed by atoms with Gasteiger partial charge >= 0.3 is 0 Å². The third-order valence-electron chi connectivity index (χ3n) is 3.24. The molecule has 1 aromatic heterocycles. The van der Waals surface area contributed by atoms with Crippen molar-refractivity contribution in [2.75, 3.05) is 18.0 Å². The van der Waals surface area contributed by atoms with Crippen LogP contribution in [0.25, 0.3) is 0 Å². The van der Waals surface area contributed by atoms with Crippen LogP contribution < -0.4 is 4.90 Å². The predicted molar refractivity (Wildman–Crippen MR) is 69.0 cm³/mol. The topological polar surface area (TPSA) is 48.7 Å². The number of nitrogens with zero attached hydrogens (tertiary/aromatic N) is 3. The summed E-state index contributed by atoms with van der Waals surface area (Å²) in [6.45, 7) is 4.14. The molecule has 0 aliphatic carbocycles. The molecule has 0 unspecified atom stereocenters. The Morgan fingerprint density at radius 3 is 2.53 bits per heavy atom. The van der Waals surface area contributed by atoms with Crippen molar-refractivity contribution in [3.05, 3.63) is 23.4 Å². The van der Waals surface area contributed by atoms with E-state index in [-0.39, 0.29) is 0 Å². The van der Waals surface area contributed by atoms with Gasteiger partial charge in [0, 0.05) is 24.3 Å². The van der Waals surface area contributed by atoms with Crippen LogP contribution in [-0.4, -0.2) is 29.5 Å². The summed E-state index contributed by atoms with van der Waals surface area (Å²) in [5.41, 5.74) is 1.77. The third kappa shape index (κ3) is 2.96. The zero-order valence-electron chi connectivity index (χ0n) is 10.3. The van der Waals surface area contributed by atoms with Crippen molar-refractivity contribution in [2.24, 2.45) is 5.16 Å². The Labute approximate surface area is 102 Å². The lowest BCUT2D eigenvalue weighted by atomic mass is 10.2. The van der Waals surface area contributed by atoms with Gasteiger partial charge in [0.25, 0.3) is 0 Å². The first-order valence-corrected chi connectivity index (χ1v) is 6.21. The number of aryl methyl sites for hydroxylation is 1. The lowest BCUT2D eigenvalue weighted by molar-refractivity contribution is 0.322. The quantitative estimate of drug-likeness (QED) is 0.485. The van der Waals surface area contributed by atoms with E-state index in [1.54, 1.807) is 0 Å². The van der Waals surface area contributed by atoms with Crippen LogP contribution in [0.15, 0.2) is 17.3 Å². The molecular formula is C13H19N3O. The maximum Gasteiger partial charge on any atom is 0.128 e. The largest absolute Gasteiger partial charge is 0.411 e. The van der Waals surface area contributed by atoms with E-state index in [9.17, 15) is 0 Å². The van der Waals surface area contributed by atoms with Crippen molar-refractivity contribution in [1.29, 1.82) is 0 Å². The van der Waals surface area contributed by atoms with Crippen molar-refractivity contribution in [3.63, 3.8) is 0 Å². The Hall–Kier alpha value is -1.58. The van der Waals surface area contributed by atoms with Crippen molar-refractivity contribution in [3.8, 4) is 0 Å². The number of anilines is 1. The highest BCUT2D eigenvalue weighted by molar-refractivity contribution is 5.80. The van der Waals surface area contributed by atoms with Gasteiger partial charge in [-0.2, -0.15) is 0 Å². The molecule has 0 atom stereocenters. The van der Waals surface area contributed by atoms with Gasteiger partial charge in [-0.25, -0.2) is 4.98 Å². The smallest absolute Gasteiger partial charge is 0.128 e. The second-order valence-electron chi connectivity index (χ2n) is 4.49. The van der Waals surface area contributed by atoms with Crippen molar-refractivity contribution in [2.45, 2.75) is 32.6 Å². The Morgan fingerprint density at radius 2 is 1.94 bits per heavy atom. The van der Waals surface area contributed by atoms with E-state index in [1.165, 1.54) is 31.9 Å². The summed E-state index contributed by atoms with van der Waals surface area (Å²) in [6.07, 6.45) is 6.57. The number of pyridine rings is 1. The van der Waals surface area contributed by atoms with Gasteiger partial charge in [-0.05, 0) is 31.9 Å². The van der Waals surface area contributed by atoms with Crippen molar-refractivity contribution in [1.82, 2.24) is 4.98 Å². The van der Waals surface area contributed by atoms with Crippen LogP contribution in [-0.2, 0) is 0 Å². The van der Waals surface area contributed by atoms with Crippen LogP contribution in [0.2, 0.25) is 0 Å². The Morgan fingerprint density at radius 1 is 1.24 bits per heavy atom. The zero-order valence-corrected chi connectivity index (χ0v) is 10.3. The first kappa shape index (κ1) is 11.9. The molecule has 1 N–H and O–H groups in total. The van der Waals surface area contributed by atoms with Gasteiger partial charge in [-0.3, -0.25) is 0 Å². The number of oxime groups is 1. The molecule has 2 heterocycles. The van der Waals surface area contributed by atoms with Crippen LogP contribution >= 0.6 is 0 Å². The molecule has 1 aromatic rings. The van der Waals surface area contributed by atoms with Gasteiger partial charge in [-0.1, -0.05) is 18.0 Å². The van der Waals surface area contributed by atoms with Crippen LogP contribution in [0, 0.1) is 6.92 Å². The Balaban J connectivity index is 2.18. The van der Waals surface area contributed by atoms with Crippen molar-refractivity contribution < 1.29 is 5.21 Å². The Bertz CT molecular complexity index is 396. The Kier molecular flexibility index (Phi) is 3.96. The molecule has 1 fully saturated rings. The predicted octanol–water partition coefficient (Wildman–Crippen LogP) is 2.58. The van der Waals surface area contributed by atoms with Crippen LogP contribution in [0.5, 0.6) is 0 Å². The van der Waals surface area contributed by atoms with E-state index in [1.807, 2.05) is 19.1 Å². The fraction of sp³-hybridized carbons (Fsp3) is 0.538. The summed E-state index contributed by atoms with van der Waals surface area (Å²) in [4.78, 5) is 6.93. The highest BCUT2D eigenvalue weighted by Crippen LogP contribution is 2.18. The second kappa shape index (κ2) is 5.66. The summed E-state index contributed by atoms with van der Waals surface area (Å²) in [6, 6.07) is 3.97. The van der Waals surface area contributed by atoms with Gasteiger partial charge in [0.2, 0.25) is 0 Å². The van der Waals surface area contributed by atoms with Crippen molar-refractivity contribution >= 4 is 12.0 Å². The van der Waals surface area contributed by atoms with E-state index in [4.69, 9.17) is 5.21 Å². The van der Waals surface area contributed by atoms with Gasteiger partial charge < -0.3 is 10.1 Å². The zero-order chi connectivity index (χ0) is 12.1. The van der Waals surface area contributed by atoms with Gasteiger partial charge in [-0.15, -0.1) is 0 Å².